The largest absolute Gasteiger partial charge is 0.378 e. The molecule has 25 heavy (non-hydrogen) atoms. The molecule has 1 aliphatic heterocycles. The van der Waals surface area contributed by atoms with Crippen LogP contribution in [0.4, 0.5) is 5.69 Å². The molecule has 0 atom stereocenters. The second-order valence-corrected chi connectivity index (χ2v) is 7.16. The Morgan fingerprint density at radius 2 is 2.12 bits per heavy atom. The predicted molar refractivity (Wildman–Crippen MR) is 101 cm³/mol. The van der Waals surface area contributed by atoms with Crippen molar-refractivity contribution in [1.29, 1.82) is 0 Å². The lowest BCUT2D eigenvalue weighted by molar-refractivity contribution is 0.0789. The molecule has 6 nitrogen and oxygen atoms in total. The van der Waals surface area contributed by atoms with Gasteiger partial charge in [-0.25, -0.2) is 0 Å². The number of rotatable bonds is 5. The SMILES string of the molecule is Cc1cc(C(=O)N(C)CCn2cc(Br)cn2)ccc1N1CCOCC1. The number of amides is 1. The van der Waals surface area contributed by atoms with Gasteiger partial charge >= 0.3 is 0 Å². The minimum Gasteiger partial charge on any atom is -0.378 e. The molecule has 0 saturated carbocycles. The summed E-state index contributed by atoms with van der Waals surface area (Å²) < 4.78 is 8.17. The highest BCUT2D eigenvalue weighted by atomic mass is 79.9. The number of aryl methyl sites for hydroxylation is 1. The molecule has 0 aliphatic carbocycles. The van der Waals surface area contributed by atoms with Crippen LogP contribution in [0.2, 0.25) is 0 Å². The maximum absolute atomic E-state index is 12.7. The predicted octanol–water partition coefficient (Wildman–Crippen LogP) is 2.56. The molecule has 1 aliphatic rings. The Balaban J connectivity index is 1.63. The summed E-state index contributed by atoms with van der Waals surface area (Å²) in [5.74, 6) is 0.0304. The number of hydrogen-bond acceptors (Lipinski definition) is 4. The number of carbonyl (C=O) groups is 1. The molecule has 2 aromatic rings. The smallest absolute Gasteiger partial charge is 0.253 e. The zero-order valence-corrected chi connectivity index (χ0v) is 16.2. The van der Waals surface area contributed by atoms with Crippen molar-refractivity contribution in [2.75, 3.05) is 44.8 Å². The van der Waals surface area contributed by atoms with Gasteiger partial charge in [-0.2, -0.15) is 5.10 Å². The van der Waals surface area contributed by atoms with Crippen molar-refractivity contribution >= 4 is 27.5 Å². The van der Waals surface area contributed by atoms with Gasteiger partial charge in [-0.05, 0) is 46.6 Å². The molecular formula is C18H23BrN4O2. The number of hydrogen-bond donors (Lipinski definition) is 0. The summed E-state index contributed by atoms with van der Waals surface area (Å²) in [5, 5.41) is 4.21. The first-order chi connectivity index (χ1) is 12.0. The van der Waals surface area contributed by atoms with Gasteiger partial charge < -0.3 is 14.5 Å². The lowest BCUT2D eigenvalue weighted by Crippen LogP contribution is -2.36. The van der Waals surface area contributed by atoms with E-state index < -0.39 is 0 Å². The molecule has 3 rings (SSSR count). The molecule has 0 unspecified atom stereocenters. The van der Waals surface area contributed by atoms with E-state index in [0.29, 0.717) is 13.1 Å². The summed E-state index contributed by atoms with van der Waals surface area (Å²) in [6.07, 6.45) is 3.65. The van der Waals surface area contributed by atoms with Crippen LogP contribution in [0, 0.1) is 6.92 Å². The molecule has 1 fully saturated rings. The standard InChI is InChI=1S/C18H23BrN4O2/c1-14-11-15(3-4-17(14)22-7-9-25-10-8-22)18(24)21(2)5-6-23-13-16(19)12-20-23/h3-4,11-13H,5-10H2,1-2H3. The van der Waals surface area contributed by atoms with E-state index in [4.69, 9.17) is 4.74 Å². The number of anilines is 1. The number of nitrogens with zero attached hydrogens (tertiary/aromatic N) is 4. The van der Waals surface area contributed by atoms with E-state index in [0.717, 1.165) is 41.9 Å². The normalized spacial score (nSPS) is 14.6. The van der Waals surface area contributed by atoms with Crippen LogP contribution in [0.15, 0.2) is 35.1 Å². The van der Waals surface area contributed by atoms with Gasteiger partial charge in [0.2, 0.25) is 0 Å². The van der Waals surface area contributed by atoms with Crippen LogP contribution in [0.25, 0.3) is 0 Å². The van der Waals surface area contributed by atoms with Gasteiger partial charge in [-0.1, -0.05) is 0 Å². The zero-order chi connectivity index (χ0) is 17.8. The van der Waals surface area contributed by atoms with E-state index in [9.17, 15) is 4.79 Å². The molecule has 1 amide bonds. The number of morpholine rings is 1. The third-order valence-corrected chi connectivity index (χ3v) is 4.82. The summed E-state index contributed by atoms with van der Waals surface area (Å²) in [5.41, 5.74) is 3.03. The zero-order valence-electron chi connectivity index (χ0n) is 14.6. The summed E-state index contributed by atoms with van der Waals surface area (Å²) in [7, 11) is 1.83. The molecule has 0 bridgehead atoms. The number of benzene rings is 1. The summed E-state index contributed by atoms with van der Waals surface area (Å²) in [4.78, 5) is 16.7. The number of carbonyl (C=O) groups excluding carboxylic acids is 1. The van der Waals surface area contributed by atoms with Crippen molar-refractivity contribution in [3.63, 3.8) is 0 Å². The summed E-state index contributed by atoms with van der Waals surface area (Å²) in [6, 6.07) is 5.95. The Morgan fingerprint density at radius 1 is 1.36 bits per heavy atom. The molecule has 1 aromatic carbocycles. The molecule has 2 heterocycles. The van der Waals surface area contributed by atoms with Crippen LogP contribution < -0.4 is 4.90 Å². The monoisotopic (exact) mass is 406 g/mol. The average molecular weight is 407 g/mol. The number of likely N-dealkylation sites (N-methyl/N-ethyl adjacent to an activating group) is 1. The van der Waals surface area contributed by atoms with Crippen LogP contribution >= 0.6 is 15.9 Å². The van der Waals surface area contributed by atoms with Crippen molar-refractivity contribution in [2.24, 2.45) is 0 Å². The Bertz CT molecular complexity index is 740. The molecular weight excluding hydrogens is 384 g/mol. The first-order valence-corrected chi connectivity index (χ1v) is 9.20. The topological polar surface area (TPSA) is 50.6 Å². The Kier molecular flexibility index (Phi) is 5.75. The fourth-order valence-corrected chi connectivity index (χ4v) is 3.31. The molecule has 0 radical (unpaired) electrons. The first-order valence-electron chi connectivity index (χ1n) is 8.41. The van der Waals surface area contributed by atoms with Gasteiger partial charge in [0.1, 0.15) is 0 Å². The lowest BCUT2D eigenvalue weighted by Gasteiger charge is -2.30. The molecule has 134 valence electrons. The molecule has 0 N–H and O–H groups in total. The quantitative estimate of drug-likeness (QED) is 0.765. The fraction of sp³-hybridized carbons (Fsp3) is 0.444. The van der Waals surface area contributed by atoms with Crippen molar-refractivity contribution in [3.05, 3.63) is 46.2 Å². The lowest BCUT2D eigenvalue weighted by atomic mass is 10.1. The van der Waals surface area contributed by atoms with Crippen LogP contribution in [0.5, 0.6) is 0 Å². The second kappa shape index (κ2) is 8.01. The fourth-order valence-electron chi connectivity index (χ4n) is 2.98. The van der Waals surface area contributed by atoms with E-state index in [2.05, 4.69) is 32.9 Å². The van der Waals surface area contributed by atoms with Crippen LogP contribution in [0.1, 0.15) is 15.9 Å². The van der Waals surface area contributed by atoms with E-state index in [-0.39, 0.29) is 5.91 Å². The number of ether oxygens (including phenoxy) is 1. The van der Waals surface area contributed by atoms with Crippen LogP contribution in [0.3, 0.4) is 0 Å². The van der Waals surface area contributed by atoms with E-state index in [1.54, 1.807) is 11.1 Å². The van der Waals surface area contributed by atoms with Gasteiger partial charge in [0.05, 0.1) is 30.4 Å². The van der Waals surface area contributed by atoms with E-state index in [1.807, 2.05) is 36.1 Å². The van der Waals surface area contributed by atoms with E-state index in [1.165, 1.54) is 5.69 Å². The van der Waals surface area contributed by atoms with E-state index >= 15 is 0 Å². The van der Waals surface area contributed by atoms with Crippen LogP contribution in [-0.4, -0.2) is 60.5 Å². The highest BCUT2D eigenvalue weighted by Crippen LogP contribution is 2.23. The average Bonchev–Trinajstić information content (AvgIpc) is 3.05. The molecule has 0 spiro atoms. The van der Waals surface area contributed by atoms with Crippen molar-refractivity contribution in [3.8, 4) is 0 Å². The maximum atomic E-state index is 12.7. The van der Waals surface area contributed by atoms with Crippen molar-refractivity contribution in [2.45, 2.75) is 13.5 Å². The molecule has 1 aromatic heterocycles. The summed E-state index contributed by atoms with van der Waals surface area (Å²) >= 11 is 3.38. The minimum atomic E-state index is 0.0304. The minimum absolute atomic E-state index is 0.0304. The third-order valence-electron chi connectivity index (χ3n) is 4.41. The maximum Gasteiger partial charge on any atom is 0.253 e. The van der Waals surface area contributed by atoms with Gasteiger partial charge in [-0.15, -0.1) is 0 Å². The Morgan fingerprint density at radius 3 is 2.76 bits per heavy atom. The summed E-state index contributed by atoms with van der Waals surface area (Å²) in [6.45, 7) is 6.64. The third kappa shape index (κ3) is 4.41. The van der Waals surface area contributed by atoms with Gasteiger partial charge in [0.15, 0.2) is 0 Å². The Hall–Kier alpha value is -1.86. The Labute approximate surface area is 156 Å². The van der Waals surface area contributed by atoms with Crippen molar-refractivity contribution < 1.29 is 9.53 Å². The van der Waals surface area contributed by atoms with Gasteiger partial charge in [-0.3, -0.25) is 9.48 Å². The highest BCUT2D eigenvalue weighted by Gasteiger charge is 2.17. The van der Waals surface area contributed by atoms with Crippen LogP contribution in [-0.2, 0) is 11.3 Å². The number of halogens is 1. The van der Waals surface area contributed by atoms with Gasteiger partial charge in [0, 0.05) is 44.1 Å². The highest BCUT2D eigenvalue weighted by molar-refractivity contribution is 9.10. The number of aromatic nitrogens is 2. The molecule has 7 heteroatoms. The van der Waals surface area contributed by atoms with Crippen molar-refractivity contribution in [1.82, 2.24) is 14.7 Å². The molecule has 1 saturated heterocycles. The first kappa shape index (κ1) is 17.9. The van der Waals surface area contributed by atoms with Gasteiger partial charge in [0.25, 0.3) is 5.91 Å². The second-order valence-electron chi connectivity index (χ2n) is 6.25.